The van der Waals surface area contributed by atoms with Crippen LogP contribution in [0.3, 0.4) is 0 Å². The molecule has 1 N–H and O–H groups in total. The largest absolute Gasteiger partial charge is 0.322 e. The highest BCUT2D eigenvalue weighted by Gasteiger charge is 2.19. The Hall–Kier alpha value is -5.50. The molecule has 0 unspecified atom stereocenters. The van der Waals surface area contributed by atoms with Crippen molar-refractivity contribution in [1.29, 1.82) is 0 Å². The summed E-state index contributed by atoms with van der Waals surface area (Å²) in [6, 6.07) is 30.8. The molecule has 3 aromatic carbocycles. The number of rotatable bonds is 6. The van der Waals surface area contributed by atoms with Crippen LogP contribution in [-0.4, -0.2) is 36.5 Å². The van der Waals surface area contributed by atoms with Gasteiger partial charge in [-0.1, -0.05) is 66.2 Å². The quantitative estimate of drug-likeness (QED) is 0.291. The minimum Gasteiger partial charge on any atom is -0.322 e. The zero-order valence-corrected chi connectivity index (χ0v) is 20.9. The Balaban J connectivity index is 1.29. The summed E-state index contributed by atoms with van der Waals surface area (Å²) >= 11 is 0. The molecule has 0 saturated heterocycles. The number of anilines is 1. The van der Waals surface area contributed by atoms with Gasteiger partial charge in [0.15, 0.2) is 11.4 Å². The molecular weight excluding hydrogens is 488 g/mol. The number of carbonyl (C=O) groups excluding carboxylic acids is 2. The Morgan fingerprint density at radius 2 is 1.54 bits per heavy atom. The number of nitrogens with one attached hydrogen (secondary N) is 1. The topological polar surface area (TPSA) is 102 Å². The van der Waals surface area contributed by atoms with Gasteiger partial charge in [0.25, 0.3) is 5.91 Å². The molecule has 3 heterocycles. The van der Waals surface area contributed by atoms with Crippen LogP contribution >= 0.6 is 0 Å². The Labute approximate surface area is 224 Å². The lowest BCUT2D eigenvalue weighted by atomic mass is 9.97. The van der Waals surface area contributed by atoms with E-state index in [1.807, 2.05) is 67.6 Å². The molecule has 0 fully saturated rings. The van der Waals surface area contributed by atoms with E-state index < -0.39 is 0 Å². The Kier molecular flexibility index (Phi) is 6.18. The highest BCUT2D eigenvalue weighted by Crippen LogP contribution is 2.24. The molecule has 6 rings (SSSR count). The summed E-state index contributed by atoms with van der Waals surface area (Å²) in [4.78, 5) is 30.8. The van der Waals surface area contributed by atoms with Crippen molar-refractivity contribution in [2.75, 3.05) is 5.32 Å². The fraction of sp³-hybridized carbons (Fsp3) is 0.0323. The molecule has 0 spiro atoms. The number of aryl methyl sites for hydroxylation is 1. The lowest BCUT2D eigenvalue weighted by Gasteiger charge is -2.11. The molecule has 1 amide bonds. The molecule has 0 aliphatic carbocycles. The van der Waals surface area contributed by atoms with Crippen molar-refractivity contribution in [3.05, 3.63) is 132 Å². The van der Waals surface area contributed by atoms with Crippen LogP contribution < -0.4 is 5.32 Å². The van der Waals surface area contributed by atoms with E-state index in [1.54, 1.807) is 53.2 Å². The highest BCUT2D eigenvalue weighted by molar-refractivity contribution is 6.17. The molecule has 39 heavy (non-hydrogen) atoms. The Morgan fingerprint density at radius 3 is 2.33 bits per heavy atom. The normalized spacial score (nSPS) is 10.9. The number of amides is 1. The maximum absolute atomic E-state index is 13.3. The minimum absolute atomic E-state index is 0.204. The molecule has 6 aromatic rings. The third kappa shape index (κ3) is 4.78. The smallest absolute Gasteiger partial charge is 0.256 e. The van der Waals surface area contributed by atoms with Gasteiger partial charge < -0.3 is 5.32 Å². The van der Waals surface area contributed by atoms with E-state index in [0.29, 0.717) is 45.2 Å². The summed E-state index contributed by atoms with van der Waals surface area (Å²) < 4.78 is 1.65. The fourth-order valence-electron chi connectivity index (χ4n) is 4.29. The molecule has 3 aromatic heterocycles. The van der Waals surface area contributed by atoms with E-state index >= 15 is 0 Å². The number of nitrogens with zero attached hydrogens (tertiary/aromatic N) is 5. The van der Waals surface area contributed by atoms with E-state index in [0.717, 1.165) is 11.1 Å². The van der Waals surface area contributed by atoms with Crippen LogP contribution in [0.2, 0.25) is 0 Å². The van der Waals surface area contributed by atoms with Crippen LogP contribution in [-0.2, 0) is 0 Å². The molecule has 8 nitrogen and oxygen atoms in total. The van der Waals surface area contributed by atoms with E-state index in [4.69, 9.17) is 5.10 Å². The minimum atomic E-state index is -0.372. The van der Waals surface area contributed by atoms with Crippen molar-refractivity contribution in [1.82, 2.24) is 24.8 Å². The van der Waals surface area contributed by atoms with Crippen molar-refractivity contribution in [2.45, 2.75) is 6.92 Å². The zero-order valence-electron chi connectivity index (χ0n) is 20.9. The van der Waals surface area contributed by atoms with Crippen molar-refractivity contribution in [2.24, 2.45) is 0 Å². The number of ketones is 1. The summed E-state index contributed by atoms with van der Waals surface area (Å²) in [5.41, 5.74) is 5.53. The first-order valence-electron chi connectivity index (χ1n) is 12.3. The monoisotopic (exact) mass is 510 g/mol. The van der Waals surface area contributed by atoms with E-state index in [9.17, 15) is 9.59 Å². The molecule has 188 valence electrons. The number of aromatic nitrogens is 5. The van der Waals surface area contributed by atoms with Gasteiger partial charge in [-0.2, -0.15) is 9.61 Å². The summed E-state index contributed by atoms with van der Waals surface area (Å²) in [7, 11) is 0. The van der Waals surface area contributed by atoms with Gasteiger partial charge in [0.1, 0.15) is 5.69 Å². The van der Waals surface area contributed by atoms with Gasteiger partial charge in [0, 0.05) is 28.6 Å². The van der Waals surface area contributed by atoms with Gasteiger partial charge in [0.05, 0.1) is 11.3 Å². The Morgan fingerprint density at radius 1 is 0.744 bits per heavy atom. The molecular formula is C31H22N6O2. The first-order valence-corrected chi connectivity index (χ1v) is 12.3. The van der Waals surface area contributed by atoms with Crippen molar-refractivity contribution < 1.29 is 9.59 Å². The summed E-state index contributed by atoms with van der Waals surface area (Å²) in [6.45, 7) is 1.96. The highest BCUT2D eigenvalue weighted by atomic mass is 16.2. The van der Waals surface area contributed by atoms with Gasteiger partial charge in [-0.05, 0) is 49.4 Å². The fourth-order valence-corrected chi connectivity index (χ4v) is 4.29. The number of hydrogen-bond acceptors (Lipinski definition) is 6. The van der Waals surface area contributed by atoms with Crippen LogP contribution in [0.1, 0.15) is 31.8 Å². The van der Waals surface area contributed by atoms with E-state index in [1.165, 1.54) is 0 Å². The molecule has 0 saturated carbocycles. The zero-order chi connectivity index (χ0) is 26.8. The van der Waals surface area contributed by atoms with Crippen LogP contribution in [0.25, 0.3) is 28.4 Å². The summed E-state index contributed by atoms with van der Waals surface area (Å²) in [5.74, 6) is -0.0423. The van der Waals surface area contributed by atoms with Crippen LogP contribution in [0.5, 0.6) is 0 Å². The number of fused-ring (bicyclic) bond motifs is 1. The molecule has 0 radical (unpaired) electrons. The Bertz CT molecular complexity index is 1830. The molecule has 0 aliphatic heterocycles. The molecule has 0 aliphatic rings. The van der Waals surface area contributed by atoms with Crippen molar-refractivity contribution >= 4 is 23.0 Å². The van der Waals surface area contributed by atoms with Gasteiger partial charge in [-0.25, -0.2) is 0 Å². The molecule has 0 atom stereocenters. The van der Waals surface area contributed by atoms with Gasteiger partial charge in [0.2, 0.25) is 5.82 Å². The second kappa shape index (κ2) is 10.1. The number of pyridine rings is 1. The summed E-state index contributed by atoms with van der Waals surface area (Å²) in [5, 5.41) is 16.1. The molecule has 0 bridgehead atoms. The second-order valence-electron chi connectivity index (χ2n) is 9.00. The number of carbonyl (C=O) groups is 2. The predicted octanol–water partition coefficient (Wildman–Crippen LogP) is 5.65. The first kappa shape index (κ1) is 23.9. The first-order chi connectivity index (χ1) is 19.1. The lowest BCUT2D eigenvalue weighted by molar-refractivity contribution is 0.0996. The number of hydrogen-bond donors (Lipinski definition) is 1. The van der Waals surface area contributed by atoms with Crippen LogP contribution in [0.15, 0.2) is 109 Å². The third-order valence-electron chi connectivity index (χ3n) is 6.30. The number of benzene rings is 3. The average Bonchev–Trinajstić information content (AvgIpc) is 3.41. The standard InChI is InChI=1S/C31H22N6O2/c1-20-12-14-21(15-13-20)29(38)24-9-2-3-10-25(24)31(39)33-23-8-6-7-22(19-23)26-16-17-28-34-35-30(37(28)36-26)27-11-4-5-18-32-27/h2-19H,1H3,(H,33,39). The van der Waals surface area contributed by atoms with E-state index in [2.05, 4.69) is 20.5 Å². The van der Waals surface area contributed by atoms with E-state index in [-0.39, 0.29) is 11.7 Å². The van der Waals surface area contributed by atoms with Gasteiger partial charge >= 0.3 is 0 Å². The van der Waals surface area contributed by atoms with Crippen molar-refractivity contribution in [3.63, 3.8) is 0 Å². The van der Waals surface area contributed by atoms with Crippen molar-refractivity contribution in [3.8, 4) is 22.8 Å². The van der Waals surface area contributed by atoms with Gasteiger partial charge in [-0.3, -0.25) is 14.6 Å². The van der Waals surface area contributed by atoms with Crippen LogP contribution in [0.4, 0.5) is 5.69 Å². The SMILES string of the molecule is Cc1ccc(C(=O)c2ccccc2C(=O)Nc2cccc(-c3ccc4nnc(-c5ccccn5)n4n3)c2)cc1. The predicted molar refractivity (Wildman–Crippen MR) is 148 cm³/mol. The van der Waals surface area contributed by atoms with Crippen LogP contribution in [0, 0.1) is 6.92 Å². The average molecular weight is 511 g/mol. The second-order valence-corrected chi connectivity index (χ2v) is 9.00. The summed E-state index contributed by atoms with van der Waals surface area (Å²) in [6.07, 6.45) is 1.69. The third-order valence-corrected chi connectivity index (χ3v) is 6.30. The molecule has 8 heteroatoms. The maximum atomic E-state index is 13.3. The lowest BCUT2D eigenvalue weighted by Crippen LogP contribution is -2.17. The maximum Gasteiger partial charge on any atom is 0.256 e. The van der Waals surface area contributed by atoms with Gasteiger partial charge in [-0.15, -0.1) is 10.2 Å².